The number of piperidine rings is 1. The van der Waals surface area contributed by atoms with Crippen LogP contribution in [0.15, 0.2) is 47.3 Å². The number of nitro benzene ring substituents is 1. The number of hydrogen-bond donors (Lipinski definition) is 2. The van der Waals surface area contributed by atoms with Crippen LogP contribution in [-0.2, 0) is 0 Å². The lowest BCUT2D eigenvalue weighted by Gasteiger charge is -2.30. The Labute approximate surface area is 200 Å². The number of rotatable bonds is 5. The largest absolute Gasteiger partial charge is 0.371 e. The molecule has 2 aromatic carbocycles. The summed E-state index contributed by atoms with van der Waals surface area (Å²) in [6, 6.07) is 10.5. The number of carbonyl (C=O) groups excluding carboxylic acids is 2. The van der Waals surface area contributed by atoms with Gasteiger partial charge < -0.3 is 4.90 Å². The van der Waals surface area contributed by atoms with Crippen molar-refractivity contribution in [3.63, 3.8) is 0 Å². The summed E-state index contributed by atoms with van der Waals surface area (Å²) in [5.41, 5.74) is 4.80. The number of fused-ring (bicyclic) bond motifs is 1. The molecule has 2 N–H and O–H groups in total. The van der Waals surface area contributed by atoms with Crippen LogP contribution in [0.25, 0.3) is 10.8 Å². The van der Waals surface area contributed by atoms with E-state index in [0.717, 1.165) is 32.4 Å². The van der Waals surface area contributed by atoms with Crippen LogP contribution in [-0.4, -0.2) is 39.6 Å². The SMILES string of the molecule is CC(C)n1nc(C(=O)NNC(=O)c2cc([N+](=O)[O-])ccc2N2CCCCC2)c2ccccc2c1=O. The summed E-state index contributed by atoms with van der Waals surface area (Å²) in [5, 5.41) is 16.2. The maximum absolute atomic E-state index is 13.1. The molecule has 2 heterocycles. The van der Waals surface area contributed by atoms with Crippen LogP contribution in [0, 0.1) is 10.1 Å². The molecule has 0 bridgehead atoms. The standard InChI is InChI=1S/C24H26N6O5/c1-15(2)29-24(33)18-9-5-4-8-17(18)21(27-29)23(32)26-25-22(31)19-14-16(30(34)35)10-11-20(19)28-12-6-3-7-13-28/h4-5,8-11,14-15H,3,6-7,12-13H2,1-2H3,(H,25,31)(H,26,32). The monoisotopic (exact) mass is 478 g/mol. The van der Waals surface area contributed by atoms with Crippen molar-refractivity contribution < 1.29 is 14.5 Å². The summed E-state index contributed by atoms with van der Waals surface area (Å²) >= 11 is 0. The number of benzene rings is 2. The summed E-state index contributed by atoms with van der Waals surface area (Å²) in [6.07, 6.45) is 3.00. The second kappa shape index (κ2) is 9.92. The van der Waals surface area contributed by atoms with Crippen LogP contribution in [0.1, 0.15) is 60.0 Å². The maximum atomic E-state index is 13.1. The minimum absolute atomic E-state index is 0.0236. The molecule has 1 aliphatic heterocycles. The summed E-state index contributed by atoms with van der Waals surface area (Å²) in [5.74, 6) is -1.40. The van der Waals surface area contributed by atoms with Gasteiger partial charge in [0.15, 0.2) is 5.69 Å². The molecule has 0 spiro atoms. The Hall–Kier alpha value is -4.28. The average Bonchev–Trinajstić information content (AvgIpc) is 2.87. The highest BCUT2D eigenvalue weighted by atomic mass is 16.6. The molecule has 1 aromatic heterocycles. The molecule has 11 heteroatoms. The van der Waals surface area contributed by atoms with Crippen LogP contribution in [0.3, 0.4) is 0 Å². The molecule has 11 nitrogen and oxygen atoms in total. The predicted molar refractivity (Wildman–Crippen MR) is 130 cm³/mol. The van der Waals surface area contributed by atoms with Gasteiger partial charge in [-0.2, -0.15) is 5.10 Å². The van der Waals surface area contributed by atoms with E-state index in [-0.39, 0.29) is 28.5 Å². The minimum Gasteiger partial charge on any atom is -0.371 e. The fourth-order valence-corrected chi connectivity index (χ4v) is 4.19. The second-order valence-electron chi connectivity index (χ2n) is 8.65. The fourth-order valence-electron chi connectivity index (χ4n) is 4.19. The highest BCUT2D eigenvalue weighted by Gasteiger charge is 2.23. The molecular weight excluding hydrogens is 452 g/mol. The van der Waals surface area contributed by atoms with Crippen LogP contribution in [0.5, 0.6) is 0 Å². The molecule has 0 unspecified atom stereocenters. The topological polar surface area (TPSA) is 139 Å². The second-order valence-corrected chi connectivity index (χ2v) is 8.65. The third-order valence-corrected chi connectivity index (χ3v) is 5.95. The number of aromatic nitrogens is 2. The third-order valence-electron chi connectivity index (χ3n) is 5.95. The highest BCUT2D eigenvalue weighted by molar-refractivity contribution is 6.07. The molecule has 1 saturated heterocycles. The van der Waals surface area contributed by atoms with Gasteiger partial charge in [0.25, 0.3) is 23.1 Å². The van der Waals surface area contributed by atoms with E-state index in [9.17, 15) is 24.5 Å². The van der Waals surface area contributed by atoms with Gasteiger partial charge in [0.05, 0.1) is 27.6 Å². The lowest BCUT2D eigenvalue weighted by molar-refractivity contribution is -0.384. The first kappa shape index (κ1) is 23.9. The number of nitrogens with one attached hydrogen (secondary N) is 2. The van der Waals surface area contributed by atoms with Crippen LogP contribution in [0.4, 0.5) is 11.4 Å². The van der Waals surface area contributed by atoms with E-state index in [2.05, 4.69) is 16.0 Å². The number of amides is 2. The Morgan fingerprint density at radius 2 is 1.66 bits per heavy atom. The van der Waals surface area contributed by atoms with Crippen molar-refractivity contribution in [3.05, 3.63) is 74.2 Å². The third kappa shape index (κ3) is 4.84. The van der Waals surface area contributed by atoms with E-state index in [1.165, 1.54) is 16.8 Å². The van der Waals surface area contributed by atoms with Crippen molar-refractivity contribution in [2.24, 2.45) is 0 Å². The molecular formula is C24H26N6O5. The molecule has 0 radical (unpaired) electrons. The zero-order chi connectivity index (χ0) is 25.1. The van der Waals surface area contributed by atoms with E-state index in [1.54, 1.807) is 44.2 Å². The van der Waals surface area contributed by atoms with Gasteiger partial charge in [0, 0.05) is 30.6 Å². The summed E-state index contributed by atoms with van der Waals surface area (Å²) in [7, 11) is 0. The first-order chi connectivity index (χ1) is 16.8. The van der Waals surface area contributed by atoms with Crippen molar-refractivity contribution in [1.29, 1.82) is 0 Å². The van der Waals surface area contributed by atoms with Gasteiger partial charge >= 0.3 is 0 Å². The van der Waals surface area contributed by atoms with Crippen molar-refractivity contribution in [1.82, 2.24) is 20.6 Å². The molecule has 4 rings (SSSR count). The Kier molecular flexibility index (Phi) is 6.76. The predicted octanol–water partition coefficient (Wildman–Crippen LogP) is 2.95. The molecule has 3 aromatic rings. The number of nitrogens with zero attached hydrogens (tertiary/aromatic N) is 4. The number of nitro groups is 1. The summed E-state index contributed by atoms with van der Waals surface area (Å²) in [4.78, 5) is 51.5. The van der Waals surface area contributed by atoms with Crippen molar-refractivity contribution in [2.45, 2.75) is 39.2 Å². The molecule has 1 fully saturated rings. The number of carbonyl (C=O) groups is 2. The molecule has 182 valence electrons. The summed E-state index contributed by atoms with van der Waals surface area (Å²) in [6.45, 7) is 5.02. The smallest absolute Gasteiger partial charge is 0.290 e. The van der Waals surface area contributed by atoms with Crippen LogP contribution >= 0.6 is 0 Å². The lowest BCUT2D eigenvalue weighted by atomic mass is 10.1. The van der Waals surface area contributed by atoms with E-state index < -0.39 is 16.7 Å². The van der Waals surface area contributed by atoms with E-state index in [0.29, 0.717) is 16.5 Å². The number of non-ortho nitro benzene ring substituents is 1. The first-order valence-electron chi connectivity index (χ1n) is 11.4. The molecule has 0 aliphatic carbocycles. The Morgan fingerprint density at radius 3 is 2.31 bits per heavy atom. The highest BCUT2D eigenvalue weighted by Crippen LogP contribution is 2.28. The first-order valence-corrected chi connectivity index (χ1v) is 11.4. The van der Waals surface area contributed by atoms with Gasteiger partial charge in [-0.15, -0.1) is 0 Å². The normalized spacial score (nSPS) is 13.6. The summed E-state index contributed by atoms with van der Waals surface area (Å²) < 4.78 is 1.22. The van der Waals surface area contributed by atoms with Gasteiger partial charge in [-0.3, -0.25) is 35.3 Å². The van der Waals surface area contributed by atoms with Gasteiger partial charge in [-0.1, -0.05) is 18.2 Å². The van der Waals surface area contributed by atoms with Crippen LogP contribution in [0.2, 0.25) is 0 Å². The molecule has 1 aliphatic rings. The quantitative estimate of drug-likeness (QED) is 0.424. The van der Waals surface area contributed by atoms with Gasteiger partial charge in [0.1, 0.15) is 0 Å². The molecule has 0 saturated carbocycles. The molecule has 2 amide bonds. The Bertz CT molecular complexity index is 1360. The lowest BCUT2D eigenvalue weighted by Crippen LogP contribution is -2.43. The maximum Gasteiger partial charge on any atom is 0.290 e. The number of hydrazine groups is 1. The fraction of sp³-hybridized carbons (Fsp3) is 0.333. The zero-order valence-corrected chi connectivity index (χ0v) is 19.5. The van der Waals surface area contributed by atoms with Crippen molar-refractivity contribution >= 4 is 34.0 Å². The molecule has 35 heavy (non-hydrogen) atoms. The van der Waals surface area contributed by atoms with Gasteiger partial charge in [-0.25, -0.2) is 4.68 Å². The number of hydrogen-bond acceptors (Lipinski definition) is 7. The Balaban J connectivity index is 1.63. The van der Waals surface area contributed by atoms with E-state index in [1.807, 2.05) is 4.90 Å². The number of anilines is 1. The Morgan fingerprint density at radius 1 is 1.00 bits per heavy atom. The zero-order valence-electron chi connectivity index (χ0n) is 19.5. The van der Waals surface area contributed by atoms with Gasteiger partial charge in [-0.05, 0) is 45.2 Å². The van der Waals surface area contributed by atoms with Crippen molar-refractivity contribution in [2.75, 3.05) is 18.0 Å². The van der Waals surface area contributed by atoms with Crippen molar-refractivity contribution in [3.8, 4) is 0 Å². The van der Waals surface area contributed by atoms with Gasteiger partial charge in [0.2, 0.25) is 0 Å². The minimum atomic E-state index is -0.714. The van der Waals surface area contributed by atoms with E-state index >= 15 is 0 Å². The van der Waals surface area contributed by atoms with Crippen LogP contribution < -0.4 is 21.3 Å². The average molecular weight is 479 g/mol. The van der Waals surface area contributed by atoms with E-state index in [4.69, 9.17) is 0 Å². The molecule has 0 atom stereocenters.